The lowest BCUT2D eigenvalue weighted by atomic mass is 10.1. The molecule has 1 aliphatic rings. The molecule has 0 spiro atoms. The van der Waals surface area contributed by atoms with Gasteiger partial charge in [-0.1, -0.05) is 12.1 Å². The number of hydrogen-bond donors (Lipinski definition) is 2. The summed E-state index contributed by atoms with van der Waals surface area (Å²) >= 11 is 0. The average Bonchev–Trinajstić information content (AvgIpc) is 3.21. The van der Waals surface area contributed by atoms with Gasteiger partial charge in [0.2, 0.25) is 0 Å². The third-order valence-corrected chi connectivity index (χ3v) is 3.73. The van der Waals surface area contributed by atoms with E-state index in [2.05, 4.69) is 10.4 Å². The monoisotopic (exact) mass is 299 g/mol. The number of rotatable bonds is 5. The van der Waals surface area contributed by atoms with Crippen LogP contribution in [-0.2, 0) is 18.3 Å². The standard InChI is InChI=1S/C16H17N3O3/c1-19-15(11-5-6-11)13(9-17-19)16(22)18-12-4-2-3-10(7-12)8-14(20)21/h2-4,7,9,11H,5-6,8H2,1H3,(H,18,22)(H,20,21). The number of benzene rings is 1. The Morgan fingerprint density at radius 1 is 1.41 bits per heavy atom. The molecule has 1 heterocycles. The quantitative estimate of drug-likeness (QED) is 0.886. The van der Waals surface area contributed by atoms with Crippen LogP contribution in [0.5, 0.6) is 0 Å². The number of carboxylic acids is 1. The fraction of sp³-hybridized carbons (Fsp3) is 0.312. The van der Waals surface area contributed by atoms with E-state index in [1.54, 1.807) is 35.1 Å². The van der Waals surface area contributed by atoms with Gasteiger partial charge in [-0.25, -0.2) is 0 Å². The molecule has 1 amide bonds. The average molecular weight is 299 g/mol. The molecule has 114 valence electrons. The van der Waals surface area contributed by atoms with Gasteiger partial charge < -0.3 is 10.4 Å². The van der Waals surface area contributed by atoms with E-state index >= 15 is 0 Å². The molecular formula is C16H17N3O3. The number of aryl methyl sites for hydroxylation is 1. The van der Waals surface area contributed by atoms with E-state index in [0.29, 0.717) is 22.7 Å². The molecule has 0 aliphatic heterocycles. The van der Waals surface area contributed by atoms with Crippen LogP contribution in [0.25, 0.3) is 0 Å². The second kappa shape index (κ2) is 5.63. The maximum absolute atomic E-state index is 12.4. The van der Waals surface area contributed by atoms with Crippen LogP contribution in [0.15, 0.2) is 30.5 Å². The predicted molar refractivity (Wildman–Crippen MR) is 80.9 cm³/mol. The summed E-state index contributed by atoms with van der Waals surface area (Å²) in [6.07, 6.45) is 3.70. The summed E-state index contributed by atoms with van der Waals surface area (Å²) in [6.45, 7) is 0. The Labute approximate surface area is 127 Å². The minimum atomic E-state index is -0.897. The number of carbonyl (C=O) groups is 2. The number of amides is 1. The fourth-order valence-corrected chi connectivity index (χ4v) is 2.59. The van der Waals surface area contributed by atoms with Crippen molar-refractivity contribution in [3.63, 3.8) is 0 Å². The van der Waals surface area contributed by atoms with Crippen molar-refractivity contribution in [3.05, 3.63) is 47.3 Å². The van der Waals surface area contributed by atoms with Crippen LogP contribution in [0.2, 0.25) is 0 Å². The van der Waals surface area contributed by atoms with Crippen LogP contribution < -0.4 is 5.32 Å². The van der Waals surface area contributed by atoms with Crippen molar-refractivity contribution < 1.29 is 14.7 Å². The molecule has 1 aromatic carbocycles. The van der Waals surface area contributed by atoms with Crippen molar-refractivity contribution in [2.24, 2.45) is 7.05 Å². The highest BCUT2D eigenvalue weighted by molar-refractivity contribution is 6.05. The molecule has 2 aromatic rings. The third-order valence-electron chi connectivity index (χ3n) is 3.73. The molecule has 1 fully saturated rings. The van der Waals surface area contributed by atoms with Gasteiger partial charge in [0.1, 0.15) is 0 Å². The van der Waals surface area contributed by atoms with Gasteiger partial charge in [-0.05, 0) is 30.5 Å². The summed E-state index contributed by atoms with van der Waals surface area (Å²) in [5.41, 5.74) is 2.81. The summed E-state index contributed by atoms with van der Waals surface area (Å²) in [6, 6.07) is 6.89. The zero-order valence-electron chi connectivity index (χ0n) is 12.2. The van der Waals surface area contributed by atoms with Gasteiger partial charge in [0, 0.05) is 18.7 Å². The van der Waals surface area contributed by atoms with E-state index in [1.165, 1.54) is 0 Å². The van der Waals surface area contributed by atoms with Gasteiger partial charge >= 0.3 is 5.97 Å². The SMILES string of the molecule is Cn1ncc(C(=O)Nc2cccc(CC(=O)O)c2)c1C1CC1. The van der Waals surface area contributed by atoms with Gasteiger partial charge in [-0.3, -0.25) is 14.3 Å². The van der Waals surface area contributed by atoms with E-state index in [0.717, 1.165) is 18.5 Å². The molecule has 3 rings (SSSR count). The predicted octanol–water partition coefficient (Wildman–Crippen LogP) is 2.18. The van der Waals surface area contributed by atoms with Gasteiger partial charge in [0.25, 0.3) is 5.91 Å². The first kappa shape index (κ1) is 14.3. The molecule has 0 saturated heterocycles. The molecule has 22 heavy (non-hydrogen) atoms. The largest absolute Gasteiger partial charge is 0.481 e. The van der Waals surface area contributed by atoms with E-state index < -0.39 is 5.97 Å². The lowest BCUT2D eigenvalue weighted by Gasteiger charge is -2.08. The van der Waals surface area contributed by atoms with E-state index in [-0.39, 0.29) is 12.3 Å². The molecule has 0 atom stereocenters. The maximum Gasteiger partial charge on any atom is 0.307 e. The van der Waals surface area contributed by atoms with E-state index in [1.807, 2.05) is 7.05 Å². The number of hydrogen-bond acceptors (Lipinski definition) is 3. The summed E-state index contributed by atoms with van der Waals surface area (Å²) in [5, 5.41) is 15.8. The second-order valence-electron chi connectivity index (χ2n) is 5.57. The number of aromatic nitrogens is 2. The molecule has 1 aromatic heterocycles. The number of carbonyl (C=O) groups excluding carboxylic acids is 1. The van der Waals surface area contributed by atoms with Crippen molar-refractivity contribution in [1.82, 2.24) is 9.78 Å². The Kier molecular flexibility index (Phi) is 3.66. The number of aliphatic carboxylic acids is 1. The summed E-state index contributed by atoms with van der Waals surface area (Å²) < 4.78 is 1.76. The first-order chi connectivity index (χ1) is 10.5. The highest BCUT2D eigenvalue weighted by atomic mass is 16.4. The van der Waals surface area contributed by atoms with Crippen LogP contribution in [0.1, 0.15) is 40.4 Å². The Hall–Kier alpha value is -2.63. The smallest absolute Gasteiger partial charge is 0.307 e. The minimum Gasteiger partial charge on any atom is -0.481 e. The first-order valence-corrected chi connectivity index (χ1v) is 7.18. The van der Waals surface area contributed by atoms with Gasteiger partial charge in [-0.2, -0.15) is 5.10 Å². The van der Waals surface area contributed by atoms with Crippen molar-refractivity contribution in [2.75, 3.05) is 5.32 Å². The lowest BCUT2D eigenvalue weighted by molar-refractivity contribution is -0.136. The fourth-order valence-electron chi connectivity index (χ4n) is 2.59. The zero-order chi connectivity index (χ0) is 15.7. The molecule has 6 nitrogen and oxygen atoms in total. The third kappa shape index (κ3) is 3.00. The highest BCUT2D eigenvalue weighted by Crippen LogP contribution is 2.41. The van der Waals surface area contributed by atoms with Crippen molar-refractivity contribution in [3.8, 4) is 0 Å². The Bertz CT molecular complexity index is 732. The molecular weight excluding hydrogens is 282 g/mol. The summed E-state index contributed by atoms with van der Waals surface area (Å²) in [4.78, 5) is 23.2. The van der Waals surface area contributed by atoms with Crippen LogP contribution in [0.4, 0.5) is 5.69 Å². The molecule has 0 unspecified atom stereocenters. The molecule has 2 N–H and O–H groups in total. The summed E-state index contributed by atoms with van der Waals surface area (Å²) in [5.74, 6) is -0.680. The van der Waals surface area contributed by atoms with Crippen LogP contribution in [0, 0.1) is 0 Å². The van der Waals surface area contributed by atoms with Gasteiger partial charge in [-0.15, -0.1) is 0 Å². The Morgan fingerprint density at radius 3 is 2.86 bits per heavy atom. The van der Waals surface area contributed by atoms with Gasteiger partial charge in [0.15, 0.2) is 0 Å². The first-order valence-electron chi connectivity index (χ1n) is 7.18. The minimum absolute atomic E-state index is 0.0655. The number of nitrogens with one attached hydrogen (secondary N) is 1. The lowest BCUT2D eigenvalue weighted by Crippen LogP contribution is -2.14. The second-order valence-corrected chi connectivity index (χ2v) is 5.57. The molecule has 1 aliphatic carbocycles. The topological polar surface area (TPSA) is 84.2 Å². The van der Waals surface area contributed by atoms with Crippen molar-refractivity contribution >= 4 is 17.6 Å². The number of nitrogens with zero attached hydrogens (tertiary/aromatic N) is 2. The van der Waals surface area contributed by atoms with Crippen LogP contribution >= 0.6 is 0 Å². The van der Waals surface area contributed by atoms with Crippen molar-refractivity contribution in [1.29, 1.82) is 0 Å². The Morgan fingerprint density at radius 2 is 2.18 bits per heavy atom. The highest BCUT2D eigenvalue weighted by Gasteiger charge is 2.31. The molecule has 1 saturated carbocycles. The van der Waals surface area contributed by atoms with Crippen LogP contribution in [0.3, 0.4) is 0 Å². The number of anilines is 1. The van der Waals surface area contributed by atoms with E-state index in [9.17, 15) is 9.59 Å². The van der Waals surface area contributed by atoms with Gasteiger partial charge in [0.05, 0.1) is 23.9 Å². The molecule has 0 radical (unpaired) electrons. The van der Waals surface area contributed by atoms with Crippen LogP contribution in [-0.4, -0.2) is 26.8 Å². The summed E-state index contributed by atoms with van der Waals surface area (Å²) in [7, 11) is 1.85. The molecule has 6 heteroatoms. The number of carboxylic acid groups (broad SMARTS) is 1. The van der Waals surface area contributed by atoms with E-state index in [4.69, 9.17) is 5.11 Å². The normalized spacial score (nSPS) is 13.9. The zero-order valence-corrected chi connectivity index (χ0v) is 12.2. The maximum atomic E-state index is 12.4. The Balaban J connectivity index is 1.78. The van der Waals surface area contributed by atoms with Crippen molar-refractivity contribution in [2.45, 2.75) is 25.2 Å². The molecule has 0 bridgehead atoms.